The van der Waals surface area contributed by atoms with Crippen molar-refractivity contribution in [3.63, 3.8) is 0 Å². The molecule has 19 heavy (non-hydrogen) atoms. The molecule has 1 N–H and O–H groups in total. The summed E-state index contributed by atoms with van der Waals surface area (Å²) in [6.45, 7) is 2.37. The predicted octanol–water partition coefficient (Wildman–Crippen LogP) is 3.17. The molecule has 3 nitrogen and oxygen atoms in total. The van der Waals surface area contributed by atoms with Crippen molar-refractivity contribution < 1.29 is 9.53 Å². The first-order chi connectivity index (χ1) is 8.99. The van der Waals surface area contributed by atoms with Gasteiger partial charge in [-0.1, -0.05) is 18.5 Å². The summed E-state index contributed by atoms with van der Waals surface area (Å²) in [5.41, 5.74) is 0.541. The van der Waals surface area contributed by atoms with E-state index in [9.17, 15) is 4.79 Å². The molecule has 102 valence electrons. The van der Waals surface area contributed by atoms with Crippen LogP contribution in [0, 0.1) is 5.41 Å². The number of carbonyl (C=O) groups is 1. The molecule has 3 aliphatic rings. The first kappa shape index (κ1) is 12.8. The standard InChI is InChI=1S/C15H18ClNO2/c1-14-6-7-15(9-14,10-14)17-13(18)8-19-12-4-2-11(16)3-5-12/h2-5H,6-10H2,1H3,(H,17,18). The van der Waals surface area contributed by atoms with Crippen molar-refractivity contribution >= 4 is 17.5 Å². The predicted molar refractivity (Wildman–Crippen MR) is 74.4 cm³/mol. The highest BCUT2D eigenvalue weighted by Gasteiger charge is 2.58. The van der Waals surface area contributed by atoms with Crippen LogP contribution < -0.4 is 10.1 Å². The van der Waals surface area contributed by atoms with Gasteiger partial charge >= 0.3 is 0 Å². The van der Waals surface area contributed by atoms with E-state index in [1.54, 1.807) is 24.3 Å². The molecular formula is C15H18ClNO2. The van der Waals surface area contributed by atoms with E-state index in [1.165, 1.54) is 6.42 Å². The molecule has 0 unspecified atom stereocenters. The molecule has 0 aliphatic heterocycles. The van der Waals surface area contributed by atoms with Crippen molar-refractivity contribution in [3.8, 4) is 5.75 Å². The van der Waals surface area contributed by atoms with Gasteiger partial charge in [-0.25, -0.2) is 0 Å². The van der Waals surface area contributed by atoms with Gasteiger partial charge in [-0.15, -0.1) is 0 Å². The topological polar surface area (TPSA) is 38.3 Å². The minimum Gasteiger partial charge on any atom is -0.484 e. The summed E-state index contributed by atoms with van der Waals surface area (Å²) in [7, 11) is 0. The number of hydrogen-bond acceptors (Lipinski definition) is 2. The van der Waals surface area contributed by atoms with E-state index in [0.717, 1.165) is 19.3 Å². The monoisotopic (exact) mass is 279 g/mol. The number of amides is 1. The van der Waals surface area contributed by atoms with Crippen LogP contribution in [0.3, 0.4) is 0 Å². The van der Waals surface area contributed by atoms with Crippen LogP contribution >= 0.6 is 11.6 Å². The van der Waals surface area contributed by atoms with E-state index in [1.807, 2.05) is 0 Å². The fourth-order valence-corrected chi connectivity index (χ4v) is 3.77. The summed E-state index contributed by atoms with van der Waals surface area (Å²) in [5.74, 6) is 0.640. The van der Waals surface area contributed by atoms with Gasteiger partial charge in [-0.3, -0.25) is 4.79 Å². The van der Waals surface area contributed by atoms with E-state index < -0.39 is 0 Å². The van der Waals surface area contributed by atoms with Gasteiger partial charge in [0.15, 0.2) is 6.61 Å². The molecular weight excluding hydrogens is 262 g/mol. The van der Waals surface area contributed by atoms with E-state index in [-0.39, 0.29) is 18.1 Å². The summed E-state index contributed by atoms with van der Waals surface area (Å²) in [5, 5.41) is 3.80. The van der Waals surface area contributed by atoms with Crippen LogP contribution in [0.5, 0.6) is 5.75 Å². The molecule has 4 rings (SSSR count). The van der Waals surface area contributed by atoms with E-state index >= 15 is 0 Å². The van der Waals surface area contributed by atoms with Crippen LogP contribution in [0.25, 0.3) is 0 Å². The lowest BCUT2D eigenvalue weighted by Crippen LogP contribution is -2.55. The fourth-order valence-electron chi connectivity index (χ4n) is 3.64. The van der Waals surface area contributed by atoms with Crippen molar-refractivity contribution in [1.82, 2.24) is 5.32 Å². The van der Waals surface area contributed by atoms with Crippen LogP contribution in [0.2, 0.25) is 5.02 Å². The summed E-state index contributed by atoms with van der Waals surface area (Å²) in [6, 6.07) is 7.04. The van der Waals surface area contributed by atoms with Gasteiger partial charge < -0.3 is 10.1 Å². The van der Waals surface area contributed by atoms with Crippen molar-refractivity contribution in [3.05, 3.63) is 29.3 Å². The zero-order valence-corrected chi connectivity index (χ0v) is 11.8. The Morgan fingerprint density at radius 1 is 1.32 bits per heavy atom. The molecule has 1 amide bonds. The molecule has 3 saturated carbocycles. The average molecular weight is 280 g/mol. The largest absolute Gasteiger partial charge is 0.484 e. The van der Waals surface area contributed by atoms with E-state index in [2.05, 4.69) is 12.2 Å². The van der Waals surface area contributed by atoms with Gasteiger partial charge in [0.1, 0.15) is 5.75 Å². The Kier molecular flexibility index (Phi) is 2.97. The molecule has 0 spiro atoms. The van der Waals surface area contributed by atoms with Crippen molar-refractivity contribution in [2.45, 2.75) is 38.1 Å². The second kappa shape index (κ2) is 4.41. The third-order valence-electron chi connectivity index (χ3n) is 4.33. The zero-order chi connectivity index (χ0) is 13.5. The number of nitrogens with one attached hydrogen (secondary N) is 1. The Hall–Kier alpha value is -1.22. The molecule has 0 aromatic heterocycles. The summed E-state index contributed by atoms with van der Waals surface area (Å²) >= 11 is 5.79. The summed E-state index contributed by atoms with van der Waals surface area (Å²) in [4.78, 5) is 11.9. The van der Waals surface area contributed by atoms with Gasteiger partial charge in [0, 0.05) is 10.6 Å². The smallest absolute Gasteiger partial charge is 0.258 e. The van der Waals surface area contributed by atoms with Crippen molar-refractivity contribution in [1.29, 1.82) is 0 Å². The maximum atomic E-state index is 11.9. The Morgan fingerprint density at radius 2 is 2.00 bits per heavy atom. The minimum atomic E-state index is -0.0288. The minimum absolute atomic E-state index is 0.0288. The number of hydrogen-bond donors (Lipinski definition) is 1. The maximum absolute atomic E-state index is 11.9. The lowest BCUT2D eigenvalue weighted by Gasteiger charge is -2.45. The van der Waals surface area contributed by atoms with E-state index in [4.69, 9.17) is 16.3 Å². The molecule has 2 bridgehead atoms. The third kappa shape index (κ3) is 2.57. The van der Waals surface area contributed by atoms with Crippen molar-refractivity contribution in [2.75, 3.05) is 6.61 Å². The van der Waals surface area contributed by atoms with Crippen LogP contribution in [0.15, 0.2) is 24.3 Å². The Labute approximate surface area is 118 Å². The molecule has 0 heterocycles. The van der Waals surface area contributed by atoms with Crippen molar-refractivity contribution in [2.24, 2.45) is 5.41 Å². The highest BCUT2D eigenvalue weighted by atomic mass is 35.5. The van der Waals surface area contributed by atoms with E-state index in [0.29, 0.717) is 16.2 Å². The quantitative estimate of drug-likeness (QED) is 0.919. The molecule has 4 heteroatoms. The van der Waals surface area contributed by atoms with Crippen LogP contribution in [0.4, 0.5) is 0 Å². The second-order valence-corrected chi connectivity index (χ2v) is 6.67. The molecule has 0 atom stereocenters. The summed E-state index contributed by atoms with van der Waals surface area (Å²) in [6.07, 6.45) is 4.57. The Balaban J connectivity index is 1.49. The van der Waals surface area contributed by atoms with Gasteiger partial charge in [-0.2, -0.15) is 0 Å². The van der Waals surface area contributed by atoms with Crippen LogP contribution in [0.1, 0.15) is 32.6 Å². The van der Waals surface area contributed by atoms with Crippen LogP contribution in [-0.4, -0.2) is 18.1 Å². The number of ether oxygens (including phenoxy) is 1. The Morgan fingerprint density at radius 3 is 2.58 bits per heavy atom. The molecule has 3 fully saturated rings. The number of carbonyl (C=O) groups excluding carboxylic acids is 1. The number of halogens is 1. The lowest BCUT2D eigenvalue weighted by molar-refractivity contribution is -0.126. The number of rotatable bonds is 4. The second-order valence-electron chi connectivity index (χ2n) is 6.24. The Bertz CT molecular complexity index is 491. The number of benzene rings is 1. The first-order valence-corrected chi connectivity index (χ1v) is 7.06. The zero-order valence-electron chi connectivity index (χ0n) is 11.0. The maximum Gasteiger partial charge on any atom is 0.258 e. The molecule has 1 aromatic carbocycles. The highest BCUT2D eigenvalue weighted by Crippen LogP contribution is 2.60. The molecule has 0 radical (unpaired) electrons. The first-order valence-electron chi connectivity index (χ1n) is 6.68. The number of fused-ring (bicyclic) bond motifs is 1. The normalized spacial score (nSPS) is 31.7. The van der Waals surface area contributed by atoms with Gasteiger partial charge in [0.05, 0.1) is 0 Å². The summed E-state index contributed by atoms with van der Waals surface area (Å²) < 4.78 is 5.45. The third-order valence-corrected chi connectivity index (χ3v) is 4.58. The molecule has 1 aromatic rings. The van der Waals surface area contributed by atoms with Gasteiger partial charge in [-0.05, 0) is 55.4 Å². The lowest BCUT2D eigenvalue weighted by atomic mass is 9.66. The molecule has 3 aliphatic carbocycles. The SMILES string of the molecule is CC12CCC(NC(=O)COc3ccc(Cl)cc3)(C1)C2. The fraction of sp³-hybridized carbons (Fsp3) is 0.533. The average Bonchev–Trinajstić information content (AvgIpc) is 2.81. The van der Waals surface area contributed by atoms with Crippen LogP contribution in [-0.2, 0) is 4.79 Å². The molecule has 0 saturated heterocycles. The van der Waals surface area contributed by atoms with Gasteiger partial charge in [0.2, 0.25) is 0 Å². The highest BCUT2D eigenvalue weighted by molar-refractivity contribution is 6.30. The van der Waals surface area contributed by atoms with Gasteiger partial charge in [0.25, 0.3) is 5.91 Å².